The number of fused-ring (bicyclic) bond motifs is 1. The molecular formula is C23H24N2O3S. The Kier molecular flexibility index (Phi) is 5.72. The lowest BCUT2D eigenvalue weighted by molar-refractivity contribution is -0.129. The monoisotopic (exact) mass is 408 g/mol. The summed E-state index contributed by atoms with van der Waals surface area (Å²) in [7, 11) is 0. The van der Waals surface area contributed by atoms with Gasteiger partial charge in [-0.05, 0) is 55.5 Å². The molecule has 6 heteroatoms. The Morgan fingerprint density at radius 2 is 1.59 bits per heavy atom. The Morgan fingerprint density at radius 3 is 2.24 bits per heavy atom. The molecule has 0 N–H and O–H groups in total. The van der Waals surface area contributed by atoms with Crippen molar-refractivity contribution in [2.45, 2.75) is 37.6 Å². The molecule has 0 atom stereocenters. The van der Waals surface area contributed by atoms with E-state index >= 15 is 0 Å². The van der Waals surface area contributed by atoms with Gasteiger partial charge in [0.2, 0.25) is 5.91 Å². The molecule has 0 aliphatic carbocycles. The summed E-state index contributed by atoms with van der Waals surface area (Å²) >= 11 is 1.53. The third-order valence-corrected chi connectivity index (χ3v) is 6.81. The second kappa shape index (κ2) is 8.41. The Bertz CT molecular complexity index is 931. The molecule has 29 heavy (non-hydrogen) atoms. The molecule has 0 unspecified atom stereocenters. The summed E-state index contributed by atoms with van der Waals surface area (Å²) in [5.41, 5.74) is 2.87. The van der Waals surface area contributed by atoms with Crippen LogP contribution in [0.2, 0.25) is 0 Å². The maximum Gasteiger partial charge on any atom is 0.261 e. The molecule has 2 aromatic carbocycles. The number of imide groups is 1. The number of thioether (sulfide) groups is 1. The lowest BCUT2D eigenvalue weighted by Gasteiger charge is -2.26. The van der Waals surface area contributed by atoms with Crippen LogP contribution in [0.3, 0.4) is 0 Å². The second-order valence-corrected chi connectivity index (χ2v) is 8.53. The van der Waals surface area contributed by atoms with Crippen molar-refractivity contribution in [2.75, 3.05) is 18.8 Å². The maximum absolute atomic E-state index is 12.6. The van der Waals surface area contributed by atoms with Gasteiger partial charge in [-0.15, -0.1) is 11.8 Å². The molecule has 3 amide bonds. The highest BCUT2D eigenvalue weighted by Gasteiger charge is 2.35. The van der Waals surface area contributed by atoms with Gasteiger partial charge in [0.25, 0.3) is 11.8 Å². The third-order valence-electron chi connectivity index (χ3n) is 5.66. The summed E-state index contributed by atoms with van der Waals surface area (Å²) in [4.78, 5) is 42.0. The number of nitrogens with zero attached hydrogens (tertiary/aromatic N) is 2. The Balaban J connectivity index is 1.45. The molecule has 2 aromatic rings. The number of hydrogen-bond acceptors (Lipinski definition) is 4. The van der Waals surface area contributed by atoms with E-state index in [1.807, 2.05) is 30.0 Å². The quantitative estimate of drug-likeness (QED) is 0.556. The van der Waals surface area contributed by atoms with E-state index in [9.17, 15) is 14.4 Å². The fourth-order valence-electron chi connectivity index (χ4n) is 3.91. The molecule has 150 valence electrons. The zero-order valence-corrected chi connectivity index (χ0v) is 17.3. The zero-order chi connectivity index (χ0) is 20.4. The fraction of sp³-hybridized carbons (Fsp3) is 0.348. The lowest BCUT2D eigenvalue weighted by atomic mass is 10.1. The highest BCUT2D eigenvalue weighted by molar-refractivity contribution is 8.00. The number of hydrogen-bond donors (Lipinski definition) is 0. The van der Waals surface area contributed by atoms with Crippen LogP contribution >= 0.6 is 11.8 Å². The average molecular weight is 409 g/mol. The molecule has 0 aromatic heterocycles. The van der Waals surface area contributed by atoms with E-state index < -0.39 is 0 Å². The van der Waals surface area contributed by atoms with Crippen LogP contribution in [-0.4, -0.2) is 46.4 Å². The van der Waals surface area contributed by atoms with Crippen LogP contribution in [0.5, 0.6) is 0 Å². The number of carbonyl (C=O) groups is 3. The van der Waals surface area contributed by atoms with Gasteiger partial charge in [0, 0.05) is 18.0 Å². The number of benzene rings is 2. The van der Waals surface area contributed by atoms with Gasteiger partial charge in [-0.25, -0.2) is 0 Å². The number of amides is 3. The number of likely N-dealkylation sites (tertiary alicyclic amines) is 1. The third kappa shape index (κ3) is 3.94. The van der Waals surface area contributed by atoms with Crippen LogP contribution in [0, 0.1) is 6.92 Å². The standard InChI is InChI=1S/C23H24N2O3S/c1-16-17(14-25-22(27)18-9-3-4-10-19(18)23(25)28)8-7-11-20(16)29-15-21(26)24-12-5-2-6-13-24/h3-4,7-11H,2,5-6,12-15H2,1H3. The molecule has 0 spiro atoms. The van der Waals surface area contributed by atoms with E-state index in [0.717, 1.165) is 42.0 Å². The van der Waals surface area contributed by atoms with E-state index in [2.05, 4.69) is 0 Å². The van der Waals surface area contributed by atoms with Crippen LogP contribution in [-0.2, 0) is 11.3 Å². The zero-order valence-electron chi connectivity index (χ0n) is 16.5. The van der Waals surface area contributed by atoms with Crippen LogP contribution in [0.1, 0.15) is 51.1 Å². The first-order chi connectivity index (χ1) is 14.1. The van der Waals surface area contributed by atoms with Gasteiger partial charge in [0.15, 0.2) is 0 Å². The van der Waals surface area contributed by atoms with Crippen LogP contribution in [0.4, 0.5) is 0 Å². The van der Waals surface area contributed by atoms with Gasteiger partial charge >= 0.3 is 0 Å². The Labute approximate surface area is 175 Å². The minimum Gasteiger partial charge on any atom is -0.342 e. The fourth-order valence-corrected chi connectivity index (χ4v) is 4.90. The topological polar surface area (TPSA) is 57.7 Å². The molecule has 1 saturated heterocycles. The van der Waals surface area contributed by atoms with E-state index in [1.54, 1.807) is 24.3 Å². The summed E-state index contributed by atoms with van der Waals surface area (Å²) in [6, 6.07) is 12.8. The van der Waals surface area contributed by atoms with Crippen molar-refractivity contribution in [3.05, 3.63) is 64.7 Å². The molecule has 5 nitrogen and oxygen atoms in total. The van der Waals surface area contributed by atoms with Crippen molar-refractivity contribution in [3.8, 4) is 0 Å². The SMILES string of the molecule is Cc1c(CN2C(=O)c3ccccc3C2=O)cccc1SCC(=O)N1CCCCC1. The second-order valence-electron chi connectivity index (χ2n) is 7.51. The Morgan fingerprint density at radius 1 is 0.931 bits per heavy atom. The molecular weight excluding hydrogens is 384 g/mol. The van der Waals surface area contributed by atoms with E-state index in [-0.39, 0.29) is 24.3 Å². The van der Waals surface area contributed by atoms with Gasteiger partial charge in [-0.3, -0.25) is 19.3 Å². The van der Waals surface area contributed by atoms with Gasteiger partial charge in [0.05, 0.1) is 23.4 Å². The molecule has 2 aliphatic rings. The van der Waals surface area contributed by atoms with Gasteiger partial charge in [-0.2, -0.15) is 0 Å². The molecule has 0 saturated carbocycles. The molecule has 4 rings (SSSR count). The molecule has 2 aliphatic heterocycles. The van der Waals surface area contributed by atoms with E-state index in [0.29, 0.717) is 16.9 Å². The predicted molar refractivity (Wildman–Crippen MR) is 113 cm³/mol. The summed E-state index contributed by atoms with van der Waals surface area (Å²) in [6.07, 6.45) is 3.38. The summed E-state index contributed by atoms with van der Waals surface area (Å²) < 4.78 is 0. The summed E-state index contributed by atoms with van der Waals surface area (Å²) in [5.74, 6) is 0.101. The first-order valence-electron chi connectivity index (χ1n) is 10.0. The number of piperidine rings is 1. The Hall–Kier alpha value is -2.60. The van der Waals surface area contributed by atoms with Crippen molar-refractivity contribution >= 4 is 29.5 Å². The van der Waals surface area contributed by atoms with Crippen LogP contribution in [0.15, 0.2) is 47.4 Å². The first kappa shape index (κ1) is 19.7. The average Bonchev–Trinajstić information content (AvgIpc) is 3.00. The van der Waals surface area contributed by atoms with E-state index in [4.69, 9.17) is 0 Å². The minimum atomic E-state index is -0.247. The highest BCUT2D eigenvalue weighted by atomic mass is 32.2. The molecule has 1 fully saturated rings. The van der Waals surface area contributed by atoms with E-state index in [1.165, 1.54) is 23.1 Å². The van der Waals surface area contributed by atoms with Crippen molar-refractivity contribution in [2.24, 2.45) is 0 Å². The van der Waals surface area contributed by atoms with Gasteiger partial charge in [0.1, 0.15) is 0 Å². The normalized spacial score (nSPS) is 16.3. The smallest absolute Gasteiger partial charge is 0.261 e. The lowest BCUT2D eigenvalue weighted by Crippen LogP contribution is -2.36. The predicted octanol–water partition coefficient (Wildman–Crippen LogP) is 3.90. The van der Waals surface area contributed by atoms with Crippen molar-refractivity contribution < 1.29 is 14.4 Å². The summed E-state index contributed by atoms with van der Waals surface area (Å²) in [5, 5.41) is 0. The van der Waals surface area contributed by atoms with Crippen LogP contribution < -0.4 is 0 Å². The van der Waals surface area contributed by atoms with Gasteiger partial charge < -0.3 is 4.90 Å². The summed E-state index contributed by atoms with van der Waals surface area (Å²) in [6.45, 7) is 3.95. The van der Waals surface area contributed by atoms with Gasteiger partial charge in [-0.1, -0.05) is 24.3 Å². The maximum atomic E-state index is 12.6. The highest BCUT2D eigenvalue weighted by Crippen LogP contribution is 2.29. The van der Waals surface area contributed by atoms with Crippen LogP contribution in [0.25, 0.3) is 0 Å². The minimum absolute atomic E-state index is 0.180. The number of rotatable bonds is 5. The molecule has 0 bridgehead atoms. The number of carbonyl (C=O) groups excluding carboxylic acids is 3. The van der Waals surface area contributed by atoms with Crippen molar-refractivity contribution in [3.63, 3.8) is 0 Å². The molecule has 0 radical (unpaired) electrons. The first-order valence-corrected chi connectivity index (χ1v) is 11.0. The molecule has 2 heterocycles. The van der Waals surface area contributed by atoms with Crippen molar-refractivity contribution in [1.82, 2.24) is 9.80 Å². The largest absolute Gasteiger partial charge is 0.342 e. The van der Waals surface area contributed by atoms with Crippen molar-refractivity contribution in [1.29, 1.82) is 0 Å².